The Hall–Kier alpha value is -0.330. The van der Waals surface area contributed by atoms with Crippen LogP contribution in [0.25, 0.3) is 0 Å². The van der Waals surface area contributed by atoms with Crippen LogP contribution in [0.3, 0.4) is 0 Å². The molecule has 1 saturated carbocycles. The molecule has 0 unspecified atom stereocenters. The van der Waals surface area contributed by atoms with Crippen LogP contribution < -0.4 is 0 Å². The first-order chi connectivity index (χ1) is 11.1. The Balaban J connectivity index is 1.21. The lowest BCUT2D eigenvalue weighted by Crippen LogP contribution is -2.65. The third-order valence-corrected chi connectivity index (χ3v) is 7.43. The number of nitrogens with zero attached hydrogens (tertiary/aromatic N) is 1. The zero-order valence-electron chi connectivity index (χ0n) is 13.6. The molecule has 4 rings (SSSR count). The smallest absolute Gasteiger partial charge is 0.260 e. The zero-order valence-corrected chi connectivity index (χ0v) is 14.4. The summed E-state index contributed by atoms with van der Waals surface area (Å²) in [5, 5.41) is 0. The van der Waals surface area contributed by atoms with Crippen LogP contribution >= 0.6 is 11.8 Å². The lowest BCUT2D eigenvalue weighted by Gasteiger charge is -2.50. The Kier molecular flexibility index (Phi) is 4.35. The predicted molar refractivity (Wildman–Crippen MR) is 87.4 cm³/mol. The summed E-state index contributed by atoms with van der Waals surface area (Å²) in [6.07, 6.45) is 5.18. The first kappa shape index (κ1) is 16.2. The second-order valence-corrected chi connectivity index (χ2v) is 9.18. The van der Waals surface area contributed by atoms with E-state index in [9.17, 15) is 9.18 Å². The van der Waals surface area contributed by atoms with Gasteiger partial charge in [-0.25, -0.2) is 4.39 Å². The van der Waals surface area contributed by atoms with Crippen molar-refractivity contribution in [3.63, 3.8) is 0 Å². The minimum atomic E-state index is -1.54. The van der Waals surface area contributed by atoms with E-state index in [1.54, 1.807) is 4.90 Å². The highest BCUT2D eigenvalue weighted by atomic mass is 32.2. The van der Waals surface area contributed by atoms with E-state index < -0.39 is 5.67 Å². The molecule has 1 aliphatic carbocycles. The number of rotatable bonds is 4. The molecular formula is C17H26FNO3S. The number of carbonyl (C=O) groups excluding carboxylic acids is 1. The van der Waals surface area contributed by atoms with Gasteiger partial charge in [0.1, 0.15) is 0 Å². The summed E-state index contributed by atoms with van der Waals surface area (Å²) in [5.41, 5.74) is -1.54. The molecule has 1 atom stereocenters. The van der Waals surface area contributed by atoms with Gasteiger partial charge in [0, 0.05) is 38.7 Å². The minimum absolute atomic E-state index is 0.135. The minimum Gasteiger partial charge on any atom is -0.381 e. The molecule has 3 heterocycles. The average Bonchev–Trinajstić information content (AvgIpc) is 2.94. The third-order valence-electron chi connectivity index (χ3n) is 5.86. The van der Waals surface area contributed by atoms with Gasteiger partial charge < -0.3 is 14.4 Å². The molecule has 0 bridgehead atoms. The number of halogens is 1. The Morgan fingerprint density at radius 2 is 2.04 bits per heavy atom. The van der Waals surface area contributed by atoms with Crippen LogP contribution in [-0.4, -0.2) is 66.0 Å². The Morgan fingerprint density at radius 1 is 1.30 bits per heavy atom. The Bertz CT molecular complexity index is 459. The fourth-order valence-electron chi connectivity index (χ4n) is 4.09. The van der Waals surface area contributed by atoms with Gasteiger partial charge in [0.05, 0.1) is 10.9 Å². The predicted octanol–water partition coefficient (Wildman–Crippen LogP) is 2.41. The van der Waals surface area contributed by atoms with Crippen molar-refractivity contribution in [3.8, 4) is 0 Å². The molecule has 4 nitrogen and oxygen atoms in total. The van der Waals surface area contributed by atoms with E-state index in [1.165, 1.54) is 0 Å². The summed E-state index contributed by atoms with van der Waals surface area (Å²) < 4.78 is 25.8. The highest BCUT2D eigenvalue weighted by molar-refractivity contribution is 8.01. The summed E-state index contributed by atoms with van der Waals surface area (Å²) in [4.78, 5) is 13.9. The number of alkyl halides is 1. The van der Waals surface area contributed by atoms with Crippen LogP contribution in [0.2, 0.25) is 0 Å². The molecule has 0 aromatic rings. The largest absolute Gasteiger partial charge is 0.381 e. The van der Waals surface area contributed by atoms with Gasteiger partial charge >= 0.3 is 0 Å². The number of amides is 1. The molecule has 3 saturated heterocycles. The number of hydrogen-bond donors (Lipinski definition) is 0. The number of ether oxygens (including phenoxy) is 2. The second-order valence-electron chi connectivity index (χ2n) is 7.69. The number of hydrogen-bond acceptors (Lipinski definition) is 4. The second kappa shape index (κ2) is 6.19. The Labute approximate surface area is 141 Å². The van der Waals surface area contributed by atoms with Crippen LogP contribution in [0.4, 0.5) is 4.39 Å². The van der Waals surface area contributed by atoms with Crippen LogP contribution in [0.5, 0.6) is 0 Å². The molecular weight excluding hydrogens is 317 g/mol. The molecule has 0 aromatic carbocycles. The molecule has 4 aliphatic rings. The van der Waals surface area contributed by atoms with E-state index in [1.807, 2.05) is 11.8 Å². The number of likely N-dealkylation sites (tertiary alicyclic amines) is 1. The highest BCUT2D eigenvalue weighted by Gasteiger charge is 2.56. The summed E-state index contributed by atoms with van der Waals surface area (Å²) >= 11 is 1.92. The standard InChI is InChI=1S/C17H26FNO3S/c18-17(4-1-5-17)15(20)19-11-16(12-19)8-14(10-23-16)22-9-13-2-6-21-7-3-13/h13-14H,1-12H2/t14-/m0/s1. The quantitative estimate of drug-likeness (QED) is 0.786. The van der Waals surface area contributed by atoms with Crippen molar-refractivity contribution in [1.29, 1.82) is 0 Å². The Morgan fingerprint density at radius 3 is 2.70 bits per heavy atom. The first-order valence-electron chi connectivity index (χ1n) is 8.90. The SMILES string of the molecule is O=C(N1CC2(C[C@H](OCC3CCOCC3)CS2)C1)C1(F)CCC1. The van der Waals surface area contributed by atoms with Crippen molar-refractivity contribution >= 4 is 17.7 Å². The van der Waals surface area contributed by atoms with Crippen molar-refractivity contribution in [2.24, 2.45) is 5.92 Å². The van der Waals surface area contributed by atoms with Crippen LogP contribution in [0.15, 0.2) is 0 Å². The molecule has 0 N–H and O–H groups in total. The highest BCUT2D eigenvalue weighted by Crippen LogP contribution is 2.48. The van der Waals surface area contributed by atoms with Crippen molar-refractivity contribution in [3.05, 3.63) is 0 Å². The van der Waals surface area contributed by atoms with Crippen molar-refractivity contribution in [1.82, 2.24) is 4.90 Å². The maximum atomic E-state index is 14.2. The monoisotopic (exact) mass is 343 g/mol. The number of thioether (sulfide) groups is 1. The third kappa shape index (κ3) is 3.14. The lowest BCUT2D eigenvalue weighted by molar-refractivity contribution is -0.155. The summed E-state index contributed by atoms with van der Waals surface area (Å²) in [5.74, 6) is 1.38. The van der Waals surface area contributed by atoms with E-state index in [0.717, 1.165) is 51.3 Å². The van der Waals surface area contributed by atoms with Gasteiger partial charge in [-0.3, -0.25) is 4.79 Å². The molecule has 4 fully saturated rings. The fraction of sp³-hybridized carbons (Fsp3) is 0.941. The zero-order chi connectivity index (χ0) is 15.9. The van der Waals surface area contributed by atoms with Gasteiger partial charge in [0.15, 0.2) is 5.67 Å². The maximum absolute atomic E-state index is 14.2. The van der Waals surface area contributed by atoms with Crippen molar-refractivity contribution in [2.75, 3.05) is 38.7 Å². The van der Waals surface area contributed by atoms with Crippen molar-refractivity contribution < 1.29 is 18.7 Å². The molecule has 0 radical (unpaired) electrons. The van der Waals surface area contributed by atoms with Crippen LogP contribution in [-0.2, 0) is 14.3 Å². The van der Waals surface area contributed by atoms with Gasteiger partial charge in [0.25, 0.3) is 5.91 Å². The van der Waals surface area contributed by atoms with Gasteiger partial charge in [0.2, 0.25) is 0 Å². The molecule has 1 spiro atoms. The summed E-state index contributed by atoms with van der Waals surface area (Å²) in [7, 11) is 0. The molecule has 23 heavy (non-hydrogen) atoms. The lowest BCUT2D eigenvalue weighted by atomic mass is 9.79. The molecule has 3 aliphatic heterocycles. The topological polar surface area (TPSA) is 38.8 Å². The normalized spacial score (nSPS) is 32.6. The average molecular weight is 343 g/mol. The number of carbonyl (C=O) groups is 1. The molecule has 0 aromatic heterocycles. The molecule has 130 valence electrons. The van der Waals surface area contributed by atoms with Gasteiger partial charge in [-0.1, -0.05) is 0 Å². The summed E-state index contributed by atoms with van der Waals surface area (Å²) in [6, 6.07) is 0. The van der Waals surface area contributed by atoms with Crippen LogP contribution in [0, 0.1) is 5.92 Å². The van der Waals surface area contributed by atoms with Crippen molar-refractivity contribution in [2.45, 2.75) is 55.0 Å². The van der Waals surface area contributed by atoms with Gasteiger partial charge in [-0.15, -0.1) is 11.8 Å². The first-order valence-corrected chi connectivity index (χ1v) is 9.89. The van der Waals surface area contributed by atoms with E-state index >= 15 is 0 Å². The van der Waals surface area contributed by atoms with E-state index in [4.69, 9.17) is 9.47 Å². The van der Waals surface area contributed by atoms with E-state index in [2.05, 4.69) is 0 Å². The van der Waals surface area contributed by atoms with Gasteiger partial charge in [-0.2, -0.15) is 0 Å². The van der Waals surface area contributed by atoms with E-state index in [-0.39, 0.29) is 10.7 Å². The maximum Gasteiger partial charge on any atom is 0.260 e. The molecule has 1 amide bonds. The summed E-state index contributed by atoms with van der Waals surface area (Å²) in [6.45, 7) is 3.97. The molecule has 6 heteroatoms. The van der Waals surface area contributed by atoms with E-state index in [0.29, 0.717) is 38.0 Å². The van der Waals surface area contributed by atoms with Gasteiger partial charge in [-0.05, 0) is 44.4 Å². The van der Waals surface area contributed by atoms with Crippen LogP contribution in [0.1, 0.15) is 38.5 Å². The fourth-order valence-corrected chi connectivity index (χ4v) is 5.64.